The summed E-state index contributed by atoms with van der Waals surface area (Å²) in [5.41, 5.74) is 1.73. The molecule has 4 rings (SSSR count). The summed E-state index contributed by atoms with van der Waals surface area (Å²) >= 11 is 11.2. The van der Waals surface area contributed by atoms with Crippen molar-refractivity contribution in [1.29, 1.82) is 0 Å². The molecule has 0 spiro atoms. The summed E-state index contributed by atoms with van der Waals surface area (Å²) in [7, 11) is 0. The predicted molar refractivity (Wildman–Crippen MR) is 114 cm³/mol. The van der Waals surface area contributed by atoms with E-state index >= 15 is 0 Å². The van der Waals surface area contributed by atoms with E-state index in [-0.39, 0.29) is 5.78 Å². The fourth-order valence-corrected chi connectivity index (χ4v) is 5.47. The van der Waals surface area contributed by atoms with E-state index in [0.717, 1.165) is 28.0 Å². The number of hydrogen-bond donors (Lipinski definition) is 0. The van der Waals surface area contributed by atoms with Crippen molar-refractivity contribution in [3.8, 4) is 5.75 Å². The molecule has 0 radical (unpaired) electrons. The minimum Gasteiger partial charge on any atom is -0.491 e. The van der Waals surface area contributed by atoms with Crippen LogP contribution in [-0.4, -0.2) is 41.7 Å². The van der Waals surface area contributed by atoms with Crippen LogP contribution in [0.3, 0.4) is 0 Å². The molecule has 2 heterocycles. The molecule has 1 atom stereocenters. The number of ketones is 1. The number of fused-ring (bicyclic) bond motifs is 1. The fourth-order valence-electron chi connectivity index (χ4n) is 3.71. The molecular weight excluding hydrogens is 446 g/mol. The zero-order valence-electron chi connectivity index (χ0n) is 15.1. The van der Waals surface area contributed by atoms with Crippen LogP contribution in [0, 0.1) is 6.92 Å². The van der Waals surface area contributed by atoms with Gasteiger partial charge in [0.05, 0.1) is 5.56 Å². The molecule has 3 nitrogen and oxygen atoms in total. The van der Waals surface area contributed by atoms with Gasteiger partial charge in [-0.2, -0.15) is 0 Å². The molecule has 0 bridgehead atoms. The normalized spacial score (nSPS) is 22.6. The summed E-state index contributed by atoms with van der Waals surface area (Å²) in [5, 5.41) is 0.698. The Morgan fingerprint density at radius 1 is 1.22 bits per heavy atom. The average molecular weight is 467 g/mol. The summed E-state index contributed by atoms with van der Waals surface area (Å²) in [6, 6.07) is 11.6. The van der Waals surface area contributed by atoms with Gasteiger partial charge in [-0.05, 0) is 74.8 Å². The SMILES string of the molecule is Cc1cc2c(cc1Br)C(=O)[C@](CN1CCCC1)(Sc1ccc(Cl)cc1)CO2. The topological polar surface area (TPSA) is 29.5 Å². The molecule has 6 heteroatoms. The molecule has 1 saturated heterocycles. The Hall–Kier alpha value is -1.01. The minimum absolute atomic E-state index is 0.149. The second kappa shape index (κ2) is 7.78. The van der Waals surface area contributed by atoms with Gasteiger partial charge in [-0.25, -0.2) is 0 Å². The van der Waals surface area contributed by atoms with Gasteiger partial charge in [0, 0.05) is 20.9 Å². The number of benzene rings is 2. The molecule has 142 valence electrons. The van der Waals surface area contributed by atoms with E-state index in [2.05, 4.69) is 20.8 Å². The maximum Gasteiger partial charge on any atom is 0.187 e. The highest BCUT2D eigenvalue weighted by Gasteiger charge is 2.47. The van der Waals surface area contributed by atoms with Crippen LogP contribution >= 0.6 is 39.3 Å². The molecule has 27 heavy (non-hydrogen) atoms. The van der Waals surface area contributed by atoms with Crippen LogP contribution in [0.25, 0.3) is 0 Å². The smallest absolute Gasteiger partial charge is 0.187 e. The predicted octanol–water partition coefficient (Wildman–Crippen LogP) is 5.61. The van der Waals surface area contributed by atoms with E-state index in [1.807, 2.05) is 43.3 Å². The van der Waals surface area contributed by atoms with E-state index in [9.17, 15) is 4.79 Å². The van der Waals surface area contributed by atoms with Crippen molar-refractivity contribution >= 4 is 45.1 Å². The van der Waals surface area contributed by atoms with Crippen molar-refractivity contribution in [3.63, 3.8) is 0 Å². The highest BCUT2D eigenvalue weighted by Crippen LogP contribution is 2.43. The first-order valence-corrected chi connectivity index (χ1v) is 11.1. The Morgan fingerprint density at radius 2 is 1.93 bits per heavy atom. The van der Waals surface area contributed by atoms with Gasteiger partial charge in [-0.3, -0.25) is 4.79 Å². The van der Waals surface area contributed by atoms with E-state index in [1.54, 1.807) is 11.8 Å². The molecule has 0 N–H and O–H groups in total. The number of likely N-dealkylation sites (tertiary alicyclic amines) is 1. The van der Waals surface area contributed by atoms with E-state index < -0.39 is 4.75 Å². The van der Waals surface area contributed by atoms with Gasteiger partial charge in [-0.15, -0.1) is 11.8 Å². The van der Waals surface area contributed by atoms with Crippen LogP contribution in [0.4, 0.5) is 0 Å². The van der Waals surface area contributed by atoms with Crippen LogP contribution < -0.4 is 4.74 Å². The number of carbonyl (C=O) groups excluding carboxylic acids is 1. The largest absolute Gasteiger partial charge is 0.491 e. The van der Waals surface area contributed by atoms with Crippen LogP contribution in [0.15, 0.2) is 45.8 Å². The molecule has 2 aromatic carbocycles. The Bertz CT molecular complexity index is 867. The summed E-state index contributed by atoms with van der Waals surface area (Å²) in [4.78, 5) is 17.1. The Morgan fingerprint density at radius 3 is 2.63 bits per heavy atom. The maximum absolute atomic E-state index is 13.7. The lowest BCUT2D eigenvalue weighted by Gasteiger charge is -2.38. The molecule has 0 amide bonds. The molecule has 1 fully saturated rings. The second-order valence-electron chi connectivity index (χ2n) is 7.25. The van der Waals surface area contributed by atoms with E-state index in [0.29, 0.717) is 29.5 Å². The molecule has 2 aliphatic heterocycles. The quantitative estimate of drug-likeness (QED) is 0.585. The number of hydrogen-bond acceptors (Lipinski definition) is 4. The third-order valence-electron chi connectivity index (χ3n) is 5.18. The number of halogens is 2. The van der Waals surface area contributed by atoms with E-state index in [4.69, 9.17) is 16.3 Å². The van der Waals surface area contributed by atoms with Crippen molar-refractivity contribution < 1.29 is 9.53 Å². The van der Waals surface area contributed by atoms with Crippen LogP contribution in [-0.2, 0) is 0 Å². The number of Topliss-reactive ketones (excluding diaryl/α,β-unsaturated/α-hetero) is 1. The number of nitrogens with zero attached hydrogens (tertiary/aromatic N) is 1. The number of ether oxygens (including phenoxy) is 1. The Labute approximate surface area is 177 Å². The van der Waals surface area contributed by atoms with Crippen molar-refractivity contribution in [2.75, 3.05) is 26.2 Å². The van der Waals surface area contributed by atoms with Gasteiger partial charge >= 0.3 is 0 Å². The summed E-state index contributed by atoms with van der Waals surface area (Å²) in [6.07, 6.45) is 2.39. The highest BCUT2D eigenvalue weighted by molar-refractivity contribution is 9.10. The summed E-state index contributed by atoms with van der Waals surface area (Å²) in [5.74, 6) is 0.839. The second-order valence-corrected chi connectivity index (χ2v) is 10.00. The number of aryl methyl sites for hydroxylation is 1. The van der Waals surface area contributed by atoms with Crippen LogP contribution in [0.1, 0.15) is 28.8 Å². The zero-order valence-corrected chi connectivity index (χ0v) is 18.3. The first-order chi connectivity index (χ1) is 13.0. The lowest BCUT2D eigenvalue weighted by molar-refractivity contribution is 0.0832. The summed E-state index contributed by atoms with van der Waals surface area (Å²) < 4.78 is 6.42. The van der Waals surface area contributed by atoms with E-state index in [1.165, 1.54) is 12.8 Å². The standard InChI is InChI=1S/C21H21BrClNO2S/c1-14-10-19-17(11-18(14)22)20(25)21(13-26-19,12-24-8-2-3-9-24)27-16-6-4-15(23)5-7-16/h4-7,10-11H,2-3,8-9,12-13H2,1H3/t21-/m1/s1. The number of thioether (sulfide) groups is 1. The van der Waals surface area contributed by atoms with Gasteiger partial charge in [0.2, 0.25) is 0 Å². The first-order valence-electron chi connectivity index (χ1n) is 9.11. The Kier molecular flexibility index (Phi) is 5.57. The van der Waals surface area contributed by atoms with Crippen LogP contribution in [0.5, 0.6) is 5.75 Å². The summed E-state index contributed by atoms with van der Waals surface area (Å²) in [6.45, 7) is 5.17. The molecule has 2 aromatic rings. The van der Waals surface area contributed by atoms with Crippen molar-refractivity contribution in [1.82, 2.24) is 4.90 Å². The molecule has 0 aliphatic carbocycles. The fraction of sp³-hybridized carbons (Fsp3) is 0.381. The maximum atomic E-state index is 13.7. The van der Waals surface area contributed by atoms with Gasteiger partial charge in [-0.1, -0.05) is 27.5 Å². The zero-order chi connectivity index (χ0) is 19.0. The number of rotatable bonds is 4. The molecule has 0 aromatic heterocycles. The monoisotopic (exact) mass is 465 g/mol. The van der Waals surface area contributed by atoms with Crippen molar-refractivity contribution in [3.05, 3.63) is 57.0 Å². The highest BCUT2D eigenvalue weighted by atomic mass is 79.9. The van der Waals surface area contributed by atoms with Gasteiger partial charge < -0.3 is 9.64 Å². The lowest BCUT2D eigenvalue weighted by atomic mass is 9.92. The van der Waals surface area contributed by atoms with Crippen molar-refractivity contribution in [2.24, 2.45) is 0 Å². The third kappa shape index (κ3) is 3.93. The van der Waals surface area contributed by atoms with Gasteiger partial charge in [0.15, 0.2) is 5.78 Å². The minimum atomic E-state index is -0.653. The third-order valence-corrected chi connectivity index (χ3v) is 7.62. The Balaban J connectivity index is 1.71. The molecule has 0 unspecified atom stereocenters. The average Bonchev–Trinajstić information content (AvgIpc) is 3.15. The van der Waals surface area contributed by atoms with Gasteiger partial charge in [0.1, 0.15) is 17.1 Å². The molecule has 0 saturated carbocycles. The van der Waals surface area contributed by atoms with Gasteiger partial charge in [0.25, 0.3) is 0 Å². The first kappa shape index (κ1) is 19.3. The lowest BCUT2D eigenvalue weighted by Crippen LogP contribution is -2.52. The molecular formula is C21H21BrClNO2S. The van der Waals surface area contributed by atoms with Crippen LogP contribution in [0.2, 0.25) is 5.02 Å². The van der Waals surface area contributed by atoms with Crippen molar-refractivity contribution in [2.45, 2.75) is 29.4 Å². The number of carbonyl (C=O) groups is 1. The molecule has 2 aliphatic rings.